The Morgan fingerprint density at radius 3 is 2.43 bits per heavy atom. The Bertz CT molecular complexity index is 1890. The number of rotatable bonds is 7. The molecule has 44 heavy (non-hydrogen) atoms. The van der Waals surface area contributed by atoms with Crippen LogP contribution in [0.4, 0.5) is 21.5 Å². The second-order valence-corrected chi connectivity index (χ2v) is 12.1. The number of benzene rings is 3. The molecule has 0 radical (unpaired) electrons. The van der Waals surface area contributed by atoms with Gasteiger partial charge in [0.2, 0.25) is 17.7 Å². The number of fused-ring (bicyclic) bond motifs is 2. The van der Waals surface area contributed by atoms with Gasteiger partial charge in [-0.15, -0.1) is 0 Å². The van der Waals surface area contributed by atoms with Gasteiger partial charge in [0.25, 0.3) is 5.69 Å². The third kappa shape index (κ3) is 4.99. The average Bonchev–Trinajstić information content (AvgIpc) is 3.44. The van der Waals surface area contributed by atoms with E-state index in [9.17, 15) is 38.8 Å². The van der Waals surface area contributed by atoms with Crippen LogP contribution in [0.5, 0.6) is 11.5 Å². The number of imide groups is 1. The summed E-state index contributed by atoms with van der Waals surface area (Å²) in [6.45, 7) is -0.410. The number of aromatic nitrogens is 1. The lowest BCUT2D eigenvalue weighted by atomic mass is 9.83. The Morgan fingerprint density at radius 1 is 1.07 bits per heavy atom. The van der Waals surface area contributed by atoms with Gasteiger partial charge in [0.15, 0.2) is 11.5 Å². The molecule has 4 aromatic rings. The summed E-state index contributed by atoms with van der Waals surface area (Å²) in [5.74, 6) is -4.03. The van der Waals surface area contributed by atoms with E-state index in [0.717, 1.165) is 28.0 Å². The summed E-state index contributed by atoms with van der Waals surface area (Å²) in [7, 11) is 1.36. The number of hydrogen-bond donors (Lipinski definition) is 2. The summed E-state index contributed by atoms with van der Waals surface area (Å²) in [6.07, 6.45) is 0. The van der Waals surface area contributed by atoms with E-state index in [-0.39, 0.29) is 22.9 Å². The van der Waals surface area contributed by atoms with Crippen molar-refractivity contribution in [3.63, 3.8) is 0 Å². The number of thiazole rings is 1. The van der Waals surface area contributed by atoms with Gasteiger partial charge in [-0.2, -0.15) is 0 Å². The van der Waals surface area contributed by atoms with Gasteiger partial charge in [-0.3, -0.25) is 33.9 Å². The summed E-state index contributed by atoms with van der Waals surface area (Å²) in [5.41, 5.74) is 0.763. The fourth-order valence-corrected chi connectivity index (χ4v) is 8.13. The second-order valence-electron chi connectivity index (χ2n) is 9.94. The number of aromatic hydroxyl groups is 1. The lowest BCUT2D eigenvalue weighted by molar-refractivity contribution is -0.384. The van der Waals surface area contributed by atoms with Crippen molar-refractivity contribution in [2.45, 2.75) is 22.7 Å². The zero-order chi connectivity index (χ0) is 31.3. The minimum absolute atomic E-state index is 0.119. The van der Waals surface area contributed by atoms with Gasteiger partial charge in [0.05, 0.1) is 28.7 Å². The topological polar surface area (TPSA) is 161 Å². The normalized spacial score (nSPS) is 19.0. The Kier molecular flexibility index (Phi) is 7.43. The molecule has 2 aliphatic heterocycles. The second kappa shape index (κ2) is 11.2. The smallest absolute Gasteiger partial charge is 0.308 e. The SMILES string of the molecule is COc1cc(C2c3sc(=O)n(CC(=O)Nc4ccc(F)cc4)c3SC3C(=O)N(c4ccc([N+](=O)[O-])cc4)C(=O)C32)ccc1O. The third-order valence-corrected chi connectivity index (χ3v) is 9.96. The molecule has 0 spiro atoms. The van der Waals surface area contributed by atoms with E-state index >= 15 is 0 Å². The molecule has 6 rings (SSSR count). The van der Waals surface area contributed by atoms with Crippen molar-refractivity contribution >= 4 is 57.9 Å². The Hall–Kier alpha value is -5.02. The Labute approximate surface area is 255 Å². The van der Waals surface area contributed by atoms with E-state index in [1.807, 2.05) is 0 Å². The van der Waals surface area contributed by atoms with Crippen molar-refractivity contribution < 1.29 is 33.5 Å². The number of halogens is 1. The van der Waals surface area contributed by atoms with Crippen molar-refractivity contribution in [3.05, 3.63) is 103 Å². The summed E-state index contributed by atoms with van der Waals surface area (Å²) in [4.78, 5) is 65.6. The Morgan fingerprint density at radius 2 is 1.77 bits per heavy atom. The average molecular weight is 637 g/mol. The molecule has 0 aliphatic carbocycles. The minimum Gasteiger partial charge on any atom is -0.504 e. The van der Waals surface area contributed by atoms with Crippen LogP contribution in [0, 0.1) is 21.8 Å². The first-order valence-electron chi connectivity index (χ1n) is 13.0. The molecule has 1 saturated heterocycles. The van der Waals surface area contributed by atoms with E-state index in [4.69, 9.17) is 4.74 Å². The first kappa shape index (κ1) is 29.1. The first-order valence-corrected chi connectivity index (χ1v) is 14.7. The molecule has 1 fully saturated rings. The molecule has 3 amide bonds. The zero-order valence-electron chi connectivity index (χ0n) is 22.6. The summed E-state index contributed by atoms with van der Waals surface area (Å²) >= 11 is 1.84. The van der Waals surface area contributed by atoms with Crippen LogP contribution in [0.1, 0.15) is 16.4 Å². The molecular formula is C29H21FN4O8S2. The van der Waals surface area contributed by atoms with Gasteiger partial charge < -0.3 is 15.2 Å². The number of thioether (sulfide) groups is 1. The van der Waals surface area contributed by atoms with Crippen molar-refractivity contribution in [1.82, 2.24) is 4.57 Å². The summed E-state index contributed by atoms with van der Waals surface area (Å²) in [6, 6.07) is 14.6. The lowest BCUT2D eigenvalue weighted by Crippen LogP contribution is -2.33. The Balaban J connectivity index is 1.42. The molecule has 3 heterocycles. The largest absolute Gasteiger partial charge is 0.504 e. The van der Waals surface area contributed by atoms with Gasteiger partial charge in [-0.05, 0) is 54.1 Å². The van der Waals surface area contributed by atoms with E-state index in [2.05, 4.69) is 5.32 Å². The zero-order valence-corrected chi connectivity index (χ0v) is 24.3. The number of methoxy groups -OCH3 is 1. The van der Waals surface area contributed by atoms with E-state index in [1.165, 1.54) is 72.3 Å². The van der Waals surface area contributed by atoms with Gasteiger partial charge in [0, 0.05) is 28.6 Å². The van der Waals surface area contributed by atoms with Crippen molar-refractivity contribution in [2.24, 2.45) is 5.92 Å². The van der Waals surface area contributed by atoms with Crippen LogP contribution in [-0.4, -0.2) is 44.7 Å². The van der Waals surface area contributed by atoms with Crippen molar-refractivity contribution in [2.75, 3.05) is 17.3 Å². The number of nitrogens with zero attached hydrogens (tertiary/aromatic N) is 3. The van der Waals surface area contributed by atoms with Gasteiger partial charge >= 0.3 is 4.87 Å². The number of nitro benzene ring substituents is 1. The summed E-state index contributed by atoms with van der Waals surface area (Å²) < 4.78 is 19.8. The van der Waals surface area contributed by atoms with Crippen LogP contribution in [0.15, 0.2) is 76.6 Å². The number of anilines is 2. The molecule has 2 aliphatic rings. The number of non-ortho nitro benzene ring substituents is 1. The van der Waals surface area contributed by atoms with Crippen LogP contribution in [0.25, 0.3) is 0 Å². The molecule has 2 N–H and O–H groups in total. The molecule has 1 aromatic heterocycles. The highest BCUT2D eigenvalue weighted by atomic mass is 32.2. The van der Waals surface area contributed by atoms with Crippen molar-refractivity contribution in [1.29, 1.82) is 0 Å². The number of ether oxygens (including phenoxy) is 1. The van der Waals surface area contributed by atoms with Gasteiger partial charge in [-0.1, -0.05) is 29.2 Å². The van der Waals surface area contributed by atoms with E-state index in [1.54, 1.807) is 6.07 Å². The van der Waals surface area contributed by atoms with Crippen LogP contribution >= 0.6 is 23.1 Å². The van der Waals surface area contributed by atoms with Crippen LogP contribution in [-0.2, 0) is 20.9 Å². The predicted molar refractivity (Wildman–Crippen MR) is 159 cm³/mol. The molecule has 3 aromatic carbocycles. The number of phenolic OH excluding ortho intramolecular Hbond substituents is 1. The molecule has 15 heteroatoms. The van der Waals surface area contributed by atoms with Crippen LogP contribution in [0.3, 0.4) is 0 Å². The van der Waals surface area contributed by atoms with E-state index < -0.39 is 57.0 Å². The first-order chi connectivity index (χ1) is 21.1. The predicted octanol–water partition coefficient (Wildman–Crippen LogP) is 4.11. The number of carbonyl (C=O) groups is 3. The minimum atomic E-state index is -1.00. The number of phenols is 1. The lowest BCUT2D eigenvalue weighted by Gasteiger charge is -2.31. The van der Waals surface area contributed by atoms with Crippen molar-refractivity contribution in [3.8, 4) is 11.5 Å². The molecule has 0 saturated carbocycles. The highest BCUT2D eigenvalue weighted by Gasteiger charge is 2.57. The highest BCUT2D eigenvalue weighted by molar-refractivity contribution is 8.00. The maximum atomic E-state index is 14.0. The molecule has 12 nitrogen and oxygen atoms in total. The van der Waals surface area contributed by atoms with E-state index in [0.29, 0.717) is 21.2 Å². The maximum absolute atomic E-state index is 14.0. The molecule has 224 valence electrons. The van der Waals surface area contributed by atoms with Crippen LogP contribution < -0.4 is 19.8 Å². The quantitative estimate of drug-likeness (QED) is 0.173. The number of carbonyl (C=O) groups excluding carboxylic acids is 3. The monoisotopic (exact) mass is 636 g/mol. The molecule has 3 atom stereocenters. The maximum Gasteiger partial charge on any atom is 0.308 e. The summed E-state index contributed by atoms with van der Waals surface area (Å²) in [5, 5.41) is 23.3. The number of amides is 3. The third-order valence-electron chi connectivity index (χ3n) is 7.36. The number of nitro groups is 1. The molecule has 0 bridgehead atoms. The van der Waals surface area contributed by atoms with Gasteiger partial charge in [0.1, 0.15) is 17.6 Å². The fourth-order valence-electron chi connectivity index (χ4n) is 5.36. The standard InChI is InChI=1S/C29H21FN4O8S2/c1-42-20-12-14(2-11-19(20)35)22-23-24(27(38)33(26(23)37)17-7-9-18(10-8-17)34(40)41)43-28-25(22)44-29(39)32(28)13-21(36)31-16-5-3-15(30)4-6-16/h2-12,22-24,35H,13H2,1H3,(H,31,36). The molecule has 3 unspecified atom stereocenters. The number of nitrogens with one attached hydrogen (secondary N) is 1. The number of hydrogen-bond acceptors (Lipinski definition) is 10. The van der Waals surface area contributed by atoms with Crippen LogP contribution in [0.2, 0.25) is 0 Å². The molecular weight excluding hydrogens is 615 g/mol. The highest BCUT2D eigenvalue weighted by Crippen LogP contribution is 2.54. The fraction of sp³-hybridized carbons (Fsp3) is 0.172. The van der Waals surface area contributed by atoms with Gasteiger partial charge in [-0.25, -0.2) is 9.29 Å².